The van der Waals surface area contributed by atoms with Gasteiger partial charge in [0.15, 0.2) is 9.84 Å². The molecule has 0 spiro atoms. The van der Waals surface area contributed by atoms with Crippen LogP contribution in [0.4, 0.5) is 0 Å². The van der Waals surface area contributed by atoms with Crippen LogP contribution in [0.5, 0.6) is 0 Å². The van der Waals surface area contributed by atoms with Gasteiger partial charge in [0, 0.05) is 5.03 Å². The van der Waals surface area contributed by atoms with E-state index in [-0.39, 0.29) is 15.5 Å². The second kappa shape index (κ2) is 5.54. The summed E-state index contributed by atoms with van der Waals surface area (Å²) < 4.78 is 23.8. The molecule has 1 aromatic carbocycles. The number of hydrogen-bond acceptors (Lipinski definition) is 3. The van der Waals surface area contributed by atoms with Gasteiger partial charge in [0.1, 0.15) is 0 Å². The van der Waals surface area contributed by atoms with E-state index in [1.165, 1.54) is 12.1 Å². The maximum Gasteiger partial charge on any atom is 0.336 e. The lowest BCUT2D eigenvalue weighted by Gasteiger charge is -2.08. The van der Waals surface area contributed by atoms with Crippen molar-refractivity contribution in [2.45, 2.75) is 18.2 Å². The van der Waals surface area contributed by atoms with Crippen molar-refractivity contribution in [3.63, 3.8) is 0 Å². The van der Waals surface area contributed by atoms with E-state index in [9.17, 15) is 13.2 Å². The van der Waals surface area contributed by atoms with E-state index in [0.717, 1.165) is 6.07 Å². The molecule has 6 heteroatoms. The van der Waals surface area contributed by atoms with Gasteiger partial charge in [-0.05, 0) is 24.1 Å². The Morgan fingerprint density at radius 1 is 1.44 bits per heavy atom. The molecule has 1 rings (SSSR count). The van der Waals surface area contributed by atoms with Gasteiger partial charge >= 0.3 is 5.97 Å². The Hall–Kier alpha value is -1.33. The highest BCUT2D eigenvalue weighted by molar-refractivity contribution is 7.91. The number of aryl methyl sites for hydroxylation is 1. The Morgan fingerprint density at radius 2 is 2.06 bits per heavy atom. The number of carboxylic acid groups (broad SMARTS) is 1. The minimum atomic E-state index is -3.64. The molecule has 4 nitrogen and oxygen atoms in total. The van der Waals surface area contributed by atoms with E-state index in [1.54, 1.807) is 6.92 Å². The fourth-order valence-corrected chi connectivity index (χ4v) is 3.13. The monoisotopic (exact) mass is 288 g/mol. The second-order valence-corrected chi connectivity index (χ2v) is 6.28. The van der Waals surface area contributed by atoms with E-state index < -0.39 is 21.6 Å². The number of carbonyl (C=O) groups is 1. The highest BCUT2D eigenvalue weighted by Gasteiger charge is 2.19. The first-order chi connectivity index (χ1) is 8.27. The van der Waals surface area contributed by atoms with Crippen molar-refractivity contribution < 1.29 is 18.3 Å². The highest BCUT2D eigenvalue weighted by atomic mass is 35.5. The van der Waals surface area contributed by atoms with Gasteiger partial charge in [-0.25, -0.2) is 13.2 Å². The van der Waals surface area contributed by atoms with E-state index in [4.69, 9.17) is 16.7 Å². The summed E-state index contributed by atoms with van der Waals surface area (Å²) >= 11 is 5.48. The minimum Gasteiger partial charge on any atom is -0.478 e. The molecule has 0 amide bonds. The van der Waals surface area contributed by atoms with Crippen molar-refractivity contribution in [2.24, 2.45) is 0 Å². The van der Waals surface area contributed by atoms with Crippen LogP contribution in [-0.2, 0) is 16.3 Å². The van der Waals surface area contributed by atoms with Crippen molar-refractivity contribution in [2.75, 3.05) is 5.75 Å². The molecule has 0 aliphatic carbocycles. The Labute approximate surface area is 111 Å². The molecule has 1 aromatic rings. The Bertz CT molecular complexity index is 590. The summed E-state index contributed by atoms with van der Waals surface area (Å²) in [6.07, 6.45) is 0.518. The van der Waals surface area contributed by atoms with E-state index >= 15 is 0 Å². The zero-order valence-corrected chi connectivity index (χ0v) is 11.4. The summed E-state index contributed by atoms with van der Waals surface area (Å²) in [5.74, 6) is -1.55. The van der Waals surface area contributed by atoms with Gasteiger partial charge in [0.2, 0.25) is 0 Å². The summed E-state index contributed by atoms with van der Waals surface area (Å²) in [6, 6.07) is 4.06. The highest BCUT2D eigenvalue weighted by Crippen LogP contribution is 2.20. The van der Waals surface area contributed by atoms with Gasteiger partial charge < -0.3 is 5.11 Å². The third-order valence-electron chi connectivity index (χ3n) is 2.40. The number of aromatic carboxylic acids is 1. The van der Waals surface area contributed by atoms with Crippen LogP contribution in [0.3, 0.4) is 0 Å². The first-order valence-electron chi connectivity index (χ1n) is 5.20. The molecule has 0 aliphatic heterocycles. The van der Waals surface area contributed by atoms with Crippen LogP contribution >= 0.6 is 11.6 Å². The molecule has 0 saturated carbocycles. The lowest BCUT2D eigenvalue weighted by atomic mass is 10.1. The number of sulfone groups is 1. The average Bonchev–Trinajstić information content (AvgIpc) is 2.26. The van der Waals surface area contributed by atoms with Crippen LogP contribution in [0.2, 0.25) is 0 Å². The van der Waals surface area contributed by atoms with Crippen molar-refractivity contribution in [1.29, 1.82) is 0 Å². The third-order valence-corrected chi connectivity index (χ3v) is 4.39. The first kappa shape index (κ1) is 14.7. The van der Waals surface area contributed by atoms with Gasteiger partial charge in [-0.2, -0.15) is 0 Å². The smallest absolute Gasteiger partial charge is 0.336 e. The molecule has 0 aliphatic rings. The Balaban J connectivity index is 3.32. The molecular formula is C12H13ClO4S. The summed E-state index contributed by atoms with van der Waals surface area (Å²) in [6.45, 7) is 5.13. The maximum atomic E-state index is 11.9. The standard InChI is InChI=1S/C12H13ClO4S/c1-3-9-4-5-10(6-11(9)12(14)15)18(16,17)7-8(2)13/h4-6H,2-3,7H2,1H3,(H,14,15). The van der Waals surface area contributed by atoms with Gasteiger partial charge in [0.25, 0.3) is 0 Å². The fraction of sp³-hybridized carbons (Fsp3) is 0.250. The molecule has 1 N–H and O–H groups in total. The SMILES string of the molecule is C=C(Cl)CS(=O)(=O)c1ccc(CC)c(C(=O)O)c1. The number of carboxylic acids is 1. The average molecular weight is 289 g/mol. The zero-order chi connectivity index (χ0) is 13.9. The molecule has 0 fully saturated rings. The van der Waals surface area contributed by atoms with Gasteiger partial charge in [-0.3, -0.25) is 0 Å². The molecule has 0 radical (unpaired) electrons. The van der Waals surface area contributed by atoms with Crippen LogP contribution < -0.4 is 0 Å². The number of hydrogen-bond donors (Lipinski definition) is 1. The normalized spacial score (nSPS) is 11.2. The van der Waals surface area contributed by atoms with Crippen molar-refractivity contribution in [3.05, 3.63) is 40.9 Å². The van der Waals surface area contributed by atoms with Gasteiger partial charge in [0.05, 0.1) is 16.2 Å². The lowest BCUT2D eigenvalue weighted by molar-refractivity contribution is 0.0695. The third kappa shape index (κ3) is 3.34. The zero-order valence-electron chi connectivity index (χ0n) is 9.81. The lowest BCUT2D eigenvalue weighted by Crippen LogP contribution is -2.10. The predicted molar refractivity (Wildman–Crippen MR) is 69.8 cm³/mol. The molecular weight excluding hydrogens is 276 g/mol. The molecule has 0 saturated heterocycles. The van der Waals surface area contributed by atoms with Crippen molar-refractivity contribution >= 4 is 27.4 Å². The number of halogens is 1. The van der Waals surface area contributed by atoms with Crippen LogP contribution in [-0.4, -0.2) is 25.2 Å². The quantitative estimate of drug-likeness (QED) is 0.903. The number of rotatable bonds is 5. The maximum absolute atomic E-state index is 11.9. The van der Waals surface area contributed by atoms with E-state index in [2.05, 4.69) is 6.58 Å². The molecule has 0 bridgehead atoms. The first-order valence-corrected chi connectivity index (χ1v) is 7.23. The molecule has 0 unspecified atom stereocenters. The van der Waals surface area contributed by atoms with Crippen LogP contribution in [0.25, 0.3) is 0 Å². The second-order valence-electron chi connectivity index (χ2n) is 3.75. The van der Waals surface area contributed by atoms with E-state index in [1.807, 2.05) is 0 Å². The molecule has 18 heavy (non-hydrogen) atoms. The largest absolute Gasteiger partial charge is 0.478 e. The molecule has 0 aromatic heterocycles. The summed E-state index contributed by atoms with van der Waals surface area (Å²) in [7, 11) is -3.64. The van der Waals surface area contributed by atoms with Crippen molar-refractivity contribution in [1.82, 2.24) is 0 Å². The Morgan fingerprint density at radius 3 is 2.50 bits per heavy atom. The molecule has 0 heterocycles. The van der Waals surface area contributed by atoms with Crippen LogP contribution in [0.1, 0.15) is 22.8 Å². The number of benzene rings is 1. The molecule has 98 valence electrons. The van der Waals surface area contributed by atoms with Crippen LogP contribution in [0.15, 0.2) is 34.7 Å². The summed E-state index contributed by atoms with van der Waals surface area (Å²) in [5, 5.41) is 9.02. The summed E-state index contributed by atoms with van der Waals surface area (Å²) in [4.78, 5) is 11.0. The Kier molecular flexibility index (Phi) is 4.53. The fourth-order valence-electron chi connectivity index (χ4n) is 1.55. The van der Waals surface area contributed by atoms with Crippen LogP contribution in [0, 0.1) is 0 Å². The van der Waals surface area contributed by atoms with Gasteiger partial charge in [-0.1, -0.05) is 31.2 Å². The van der Waals surface area contributed by atoms with Gasteiger partial charge in [-0.15, -0.1) is 0 Å². The minimum absolute atomic E-state index is 0.00115. The predicted octanol–water partition coefficient (Wildman–Crippen LogP) is 2.47. The topological polar surface area (TPSA) is 71.4 Å². The summed E-state index contributed by atoms with van der Waals surface area (Å²) in [5.41, 5.74) is 0.588. The molecule has 0 atom stereocenters. The van der Waals surface area contributed by atoms with E-state index in [0.29, 0.717) is 12.0 Å². The van der Waals surface area contributed by atoms with Crippen molar-refractivity contribution in [3.8, 4) is 0 Å².